The molecule has 1 unspecified atom stereocenters. The number of nitrogens with one attached hydrogen (secondary N) is 1. The largest absolute Gasteiger partial charge is 0.418 e. The van der Waals surface area contributed by atoms with E-state index in [4.69, 9.17) is 0 Å². The highest BCUT2D eigenvalue weighted by molar-refractivity contribution is 5.90. The number of carbonyl (C=O) groups is 1. The zero-order chi connectivity index (χ0) is 18.4. The topological polar surface area (TPSA) is 32.3 Å². The molecule has 0 bridgehead atoms. The maximum absolute atomic E-state index is 13.1. The Morgan fingerprint density at radius 3 is 2.28 bits per heavy atom. The van der Waals surface area contributed by atoms with Gasteiger partial charge >= 0.3 is 12.2 Å². The maximum Gasteiger partial charge on any atom is 0.418 e. The van der Waals surface area contributed by atoms with E-state index in [0.717, 1.165) is 11.6 Å². The zero-order valence-corrected chi connectivity index (χ0v) is 14.2. The van der Waals surface area contributed by atoms with Crippen LogP contribution in [0.1, 0.15) is 31.4 Å². The zero-order valence-electron chi connectivity index (χ0n) is 14.2. The predicted molar refractivity (Wildman–Crippen MR) is 92.2 cm³/mol. The van der Waals surface area contributed by atoms with Crippen LogP contribution in [0.2, 0.25) is 0 Å². The summed E-state index contributed by atoms with van der Waals surface area (Å²) in [6.45, 7) is 4.13. The van der Waals surface area contributed by atoms with E-state index in [0.29, 0.717) is 13.0 Å². The van der Waals surface area contributed by atoms with Crippen LogP contribution < -0.4 is 5.32 Å². The van der Waals surface area contributed by atoms with Crippen molar-refractivity contribution in [1.82, 2.24) is 4.90 Å². The fourth-order valence-corrected chi connectivity index (χ4v) is 2.45. The van der Waals surface area contributed by atoms with Crippen molar-refractivity contribution in [2.75, 3.05) is 5.32 Å². The number of alkyl halides is 3. The molecule has 1 atom stereocenters. The third-order valence-corrected chi connectivity index (χ3v) is 4.05. The van der Waals surface area contributed by atoms with Crippen molar-refractivity contribution in [2.24, 2.45) is 0 Å². The van der Waals surface area contributed by atoms with E-state index in [1.54, 1.807) is 4.90 Å². The monoisotopic (exact) mass is 350 g/mol. The fourth-order valence-electron chi connectivity index (χ4n) is 2.45. The summed E-state index contributed by atoms with van der Waals surface area (Å²) in [7, 11) is 0. The Bertz CT molecular complexity index is 701. The fraction of sp³-hybridized carbons (Fsp3) is 0.316. The number of para-hydroxylation sites is 1. The summed E-state index contributed by atoms with van der Waals surface area (Å²) >= 11 is 0. The minimum absolute atomic E-state index is 0.113. The molecule has 1 N–H and O–H groups in total. The normalized spacial score (nSPS) is 12.5. The standard InChI is InChI=1S/C19H21F3N2O/c1-3-14(2)24(13-15-9-5-4-6-10-15)18(25)23-17-12-8-7-11-16(17)19(20,21)22/h4-12,14H,3,13H2,1-2H3,(H,23,25). The minimum Gasteiger partial charge on any atom is -0.318 e. The third kappa shape index (κ3) is 4.98. The Hall–Kier alpha value is -2.50. The SMILES string of the molecule is CCC(C)N(Cc1ccccc1)C(=O)Nc1ccccc1C(F)(F)F. The lowest BCUT2D eigenvalue weighted by Gasteiger charge is -2.29. The van der Waals surface area contributed by atoms with E-state index in [1.807, 2.05) is 44.2 Å². The first-order valence-electron chi connectivity index (χ1n) is 8.10. The van der Waals surface area contributed by atoms with E-state index in [-0.39, 0.29) is 11.7 Å². The van der Waals surface area contributed by atoms with E-state index < -0.39 is 17.8 Å². The van der Waals surface area contributed by atoms with Crippen LogP contribution in [-0.2, 0) is 12.7 Å². The molecule has 6 heteroatoms. The number of nitrogens with zero attached hydrogens (tertiary/aromatic N) is 1. The lowest BCUT2D eigenvalue weighted by atomic mass is 10.1. The molecule has 0 aliphatic carbocycles. The molecule has 25 heavy (non-hydrogen) atoms. The molecule has 2 aromatic carbocycles. The summed E-state index contributed by atoms with van der Waals surface area (Å²) in [5.74, 6) is 0. The van der Waals surface area contributed by atoms with Gasteiger partial charge in [0.05, 0.1) is 11.3 Å². The molecule has 2 aromatic rings. The second kappa shape index (κ2) is 8.05. The van der Waals surface area contributed by atoms with Crippen LogP contribution in [0.4, 0.5) is 23.7 Å². The maximum atomic E-state index is 13.1. The molecule has 134 valence electrons. The molecule has 2 amide bonds. The van der Waals surface area contributed by atoms with E-state index in [2.05, 4.69) is 5.32 Å². The highest BCUT2D eigenvalue weighted by atomic mass is 19.4. The number of hydrogen-bond donors (Lipinski definition) is 1. The van der Waals surface area contributed by atoms with Crippen molar-refractivity contribution in [3.63, 3.8) is 0 Å². The lowest BCUT2D eigenvalue weighted by molar-refractivity contribution is -0.136. The molecule has 0 spiro atoms. The van der Waals surface area contributed by atoms with Crippen LogP contribution in [0.15, 0.2) is 54.6 Å². The Balaban J connectivity index is 2.23. The van der Waals surface area contributed by atoms with Gasteiger partial charge in [-0.2, -0.15) is 13.2 Å². The molecule has 3 nitrogen and oxygen atoms in total. The molecule has 2 rings (SSSR count). The first-order chi connectivity index (χ1) is 11.8. The van der Waals surface area contributed by atoms with Crippen molar-refractivity contribution in [1.29, 1.82) is 0 Å². The van der Waals surface area contributed by atoms with Gasteiger partial charge in [-0.1, -0.05) is 49.4 Å². The van der Waals surface area contributed by atoms with Crippen molar-refractivity contribution in [3.05, 3.63) is 65.7 Å². The Morgan fingerprint density at radius 2 is 1.68 bits per heavy atom. The van der Waals surface area contributed by atoms with Crippen molar-refractivity contribution in [2.45, 2.75) is 39.0 Å². The molecule has 0 aliphatic heterocycles. The second-order valence-corrected chi connectivity index (χ2v) is 5.84. The highest BCUT2D eigenvalue weighted by Crippen LogP contribution is 2.34. The van der Waals surface area contributed by atoms with Crippen LogP contribution >= 0.6 is 0 Å². The summed E-state index contributed by atoms with van der Waals surface area (Å²) in [6.07, 6.45) is -3.83. The van der Waals surface area contributed by atoms with Gasteiger partial charge in [0, 0.05) is 12.6 Å². The second-order valence-electron chi connectivity index (χ2n) is 5.84. The average Bonchev–Trinajstić information content (AvgIpc) is 2.59. The highest BCUT2D eigenvalue weighted by Gasteiger charge is 2.34. The van der Waals surface area contributed by atoms with Crippen LogP contribution in [0, 0.1) is 0 Å². The van der Waals surface area contributed by atoms with E-state index >= 15 is 0 Å². The summed E-state index contributed by atoms with van der Waals surface area (Å²) in [5.41, 5.74) is -0.171. The molecule has 0 aliphatic rings. The van der Waals surface area contributed by atoms with Gasteiger partial charge in [0.15, 0.2) is 0 Å². The van der Waals surface area contributed by atoms with Crippen molar-refractivity contribution in [3.8, 4) is 0 Å². The molecule has 0 radical (unpaired) electrons. The number of benzene rings is 2. The summed E-state index contributed by atoms with van der Waals surface area (Å²) in [6, 6.07) is 13.7. The van der Waals surface area contributed by atoms with Gasteiger partial charge in [-0.25, -0.2) is 4.79 Å². The first-order valence-corrected chi connectivity index (χ1v) is 8.10. The Labute approximate surface area is 145 Å². The molecular weight excluding hydrogens is 329 g/mol. The van der Waals surface area contributed by atoms with Gasteiger partial charge < -0.3 is 10.2 Å². The number of carbonyl (C=O) groups excluding carboxylic acids is 1. The van der Waals surface area contributed by atoms with Gasteiger partial charge in [-0.15, -0.1) is 0 Å². The number of hydrogen-bond acceptors (Lipinski definition) is 1. The van der Waals surface area contributed by atoms with Gasteiger partial charge in [-0.3, -0.25) is 0 Å². The molecule has 0 saturated carbocycles. The molecule has 0 fully saturated rings. The Kier molecular flexibility index (Phi) is 6.07. The summed E-state index contributed by atoms with van der Waals surface area (Å²) < 4.78 is 39.3. The van der Waals surface area contributed by atoms with E-state index in [9.17, 15) is 18.0 Å². The van der Waals surface area contributed by atoms with Crippen LogP contribution in [0.5, 0.6) is 0 Å². The average molecular weight is 350 g/mol. The van der Waals surface area contributed by atoms with Gasteiger partial charge in [-0.05, 0) is 31.0 Å². The molecule has 0 aromatic heterocycles. The molecular formula is C19H21F3N2O. The number of urea groups is 1. The Morgan fingerprint density at radius 1 is 1.08 bits per heavy atom. The van der Waals surface area contributed by atoms with Crippen molar-refractivity contribution < 1.29 is 18.0 Å². The smallest absolute Gasteiger partial charge is 0.318 e. The van der Waals surface area contributed by atoms with E-state index in [1.165, 1.54) is 18.2 Å². The number of amides is 2. The molecule has 0 saturated heterocycles. The minimum atomic E-state index is -4.52. The quantitative estimate of drug-likeness (QED) is 0.755. The van der Waals surface area contributed by atoms with Gasteiger partial charge in [0.2, 0.25) is 0 Å². The van der Waals surface area contributed by atoms with Crippen LogP contribution in [-0.4, -0.2) is 17.0 Å². The van der Waals surface area contributed by atoms with Crippen LogP contribution in [0.25, 0.3) is 0 Å². The molecule has 0 heterocycles. The number of anilines is 1. The van der Waals surface area contributed by atoms with Gasteiger partial charge in [0.1, 0.15) is 0 Å². The van der Waals surface area contributed by atoms with Gasteiger partial charge in [0.25, 0.3) is 0 Å². The third-order valence-electron chi connectivity index (χ3n) is 4.05. The summed E-state index contributed by atoms with van der Waals surface area (Å²) in [5, 5.41) is 2.42. The number of rotatable bonds is 5. The first kappa shape index (κ1) is 18.8. The lowest BCUT2D eigenvalue weighted by Crippen LogP contribution is -2.41. The number of halogens is 3. The van der Waals surface area contributed by atoms with Crippen molar-refractivity contribution >= 4 is 11.7 Å². The summed E-state index contributed by atoms with van der Waals surface area (Å²) in [4.78, 5) is 14.2. The predicted octanol–water partition coefficient (Wildman–Crippen LogP) is 5.54. The van der Waals surface area contributed by atoms with Crippen LogP contribution in [0.3, 0.4) is 0 Å².